The lowest BCUT2D eigenvalue weighted by Crippen LogP contribution is -2.19. The molecule has 1 rings (SSSR count). The van der Waals surface area contributed by atoms with Crippen LogP contribution in [0.15, 0.2) is 0 Å². The molecule has 0 saturated heterocycles. The van der Waals surface area contributed by atoms with Gasteiger partial charge in [0.05, 0.1) is 6.61 Å². The second-order valence-corrected chi connectivity index (χ2v) is 5.65. The molecule has 0 amide bonds. The maximum atomic E-state index is 5.37. The summed E-state index contributed by atoms with van der Waals surface area (Å²) in [5.74, 6) is 3.39. The standard InChI is InChI=1S/C13H25N5OS/c1-5-14-11-16-12(18-13(17-11)19-6-2)15-10(4)8-9-20-7-3/h10H,5-9H2,1-4H3,(H2,14,15,16,17,18). The Hall–Kier alpha value is -1.24. The normalized spacial score (nSPS) is 12.0. The van der Waals surface area contributed by atoms with E-state index < -0.39 is 0 Å². The lowest BCUT2D eigenvalue weighted by Gasteiger charge is -2.14. The Morgan fingerprint density at radius 1 is 1.15 bits per heavy atom. The number of ether oxygens (including phenoxy) is 1. The van der Waals surface area contributed by atoms with Crippen LogP contribution in [0.2, 0.25) is 0 Å². The summed E-state index contributed by atoms with van der Waals surface area (Å²) in [4.78, 5) is 12.8. The van der Waals surface area contributed by atoms with Crippen molar-refractivity contribution in [2.45, 2.75) is 40.2 Å². The summed E-state index contributed by atoms with van der Waals surface area (Å²) in [6, 6.07) is 0.677. The number of hydrogen-bond donors (Lipinski definition) is 2. The summed E-state index contributed by atoms with van der Waals surface area (Å²) in [6.45, 7) is 9.52. The Bertz CT molecular complexity index is 367. The van der Waals surface area contributed by atoms with Crippen molar-refractivity contribution in [1.82, 2.24) is 15.0 Å². The first-order chi connectivity index (χ1) is 9.69. The van der Waals surface area contributed by atoms with E-state index in [1.165, 1.54) is 0 Å². The second-order valence-electron chi connectivity index (χ2n) is 4.26. The summed E-state index contributed by atoms with van der Waals surface area (Å²) >= 11 is 1.94. The first kappa shape index (κ1) is 16.8. The molecule has 1 unspecified atom stereocenters. The molecule has 0 fully saturated rings. The fourth-order valence-electron chi connectivity index (χ4n) is 1.55. The predicted molar refractivity (Wildman–Crippen MR) is 85.9 cm³/mol. The quantitative estimate of drug-likeness (QED) is 0.643. The van der Waals surface area contributed by atoms with E-state index >= 15 is 0 Å². The van der Waals surface area contributed by atoms with Gasteiger partial charge in [0, 0.05) is 12.6 Å². The van der Waals surface area contributed by atoms with Gasteiger partial charge in [0.1, 0.15) is 0 Å². The molecule has 0 bridgehead atoms. The van der Waals surface area contributed by atoms with Gasteiger partial charge in [-0.1, -0.05) is 6.92 Å². The van der Waals surface area contributed by atoms with Crippen molar-refractivity contribution in [3.05, 3.63) is 0 Å². The Labute approximate surface area is 125 Å². The third-order valence-corrected chi connectivity index (χ3v) is 3.43. The number of nitrogens with zero attached hydrogens (tertiary/aromatic N) is 3. The molecule has 0 aliphatic heterocycles. The van der Waals surface area contributed by atoms with Crippen molar-refractivity contribution in [2.75, 3.05) is 35.3 Å². The van der Waals surface area contributed by atoms with E-state index in [-0.39, 0.29) is 0 Å². The highest BCUT2D eigenvalue weighted by Gasteiger charge is 2.09. The van der Waals surface area contributed by atoms with Gasteiger partial charge in [0.2, 0.25) is 11.9 Å². The molecule has 0 aliphatic carbocycles. The molecule has 20 heavy (non-hydrogen) atoms. The fourth-order valence-corrected chi connectivity index (χ4v) is 2.36. The van der Waals surface area contributed by atoms with Gasteiger partial charge in [0.15, 0.2) is 0 Å². The molecule has 0 aromatic carbocycles. The maximum Gasteiger partial charge on any atom is 0.323 e. The van der Waals surface area contributed by atoms with Crippen LogP contribution in [0.4, 0.5) is 11.9 Å². The van der Waals surface area contributed by atoms with Crippen LogP contribution in [0.1, 0.15) is 34.1 Å². The summed E-state index contributed by atoms with van der Waals surface area (Å²) in [6.07, 6.45) is 1.07. The average Bonchev–Trinajstić information content (AvgIpc) is 2.39. The number of thioether (sulfide) groups is 1. The summed E-state index contributed by atoms with van der Waals surface area (Å²) in [5, 5.41) is 6.39. The zero-order chi connectivity index (χ0) is 14.8. The summed E-state index contributed by atoms with van der Waals surface area (Å²) in [5.41, 5.74) is 0. The third kappa shape index (κ3) is 6.27. The molecule has 1 aromatic heterocycles. The molecule has 1 aromatic rings. The van der Waals surface area contributed by atoms with E-state index in [1.54, 1.807) is 0 Å². The smallest absolute Gasteiger partial charge is 0.323 e. The minimum atomic E-state index is 0.320. The van der Waals surface area contributed by atoms with Gasteiger partial charge >= 0.3 is 6.01 Å². The van der Waals surface area contributed by atoms with Crippen LogP contribution in [0, 0.1) is 0 Å². The third-order valence-electron chi connectivity index (χ3n) is 2.50. The first-order valence-electron chi connectivity index (χ1n) is 7.16. The van der Waals surface area contributed by atoms with Gasteiger partial charge in [-0.2, -0.15) is 26.7 Å². The number of nitrogens with one attached hydrogen (secondary N) is 2. The molecular weight excluding hydrogens is 274 g/mol. The van der Waals surface area contributed by atoms with Gasteiger partial charge in [-0.15, -0.1) is 0 Å². The number of anilines is 2. The second kappa shape index (κ2) is 9.63. The highest BCUT2D eigenvalue weighted by molar-refractivity contribution is 7.99. The molecule has 0 saturated carbocycles. The van der Waals surface area contributed by atoms with Gasteiger partial charge in [-0.3, -0.25) is 0 Å². The monoisotopic (exact) mass is 299 g/mol. The zero-order valence-corrected chi connectivity index (χ0v) is 13.6. The van der Waals surface area contributed by atoms with Crippen molar-refractivity contribution in [3.8, 4) is 6.01 Å². The van der Waals surface area contributed by atoms with Gasteiger partial charge < -0.3 is 15.4 Å². The molecule has 6 nitrogen and oxygen atoms in total. The molecular formula is C13H25N5OS. The van der Waals surface area contributed by atoms with E-state index in [0.29, 0.717) is 30.6 Å². The number of aromatic nitrogens is 3. The Morgan fingerprint density at radius 3 is 2.55 bits per heavy atom. The number of rotatable bonds is 10. The first-order valence-corrected chi connectivity index (χ1v) is 8.32. The molecule has 0 aliphatic rings. The van der Waals surface area contributed by atoms with Gasteiger partial charge in [0.25, 0.3) is 0 Å². The van der Waals surface area contributed by atoms with Crippen LogP contribution in [-0.2, 0) is 0 Å². The van der Waals surface area contributed by atoms with Crippen molar-refractivity contribution < 1.29 is 4.74 Å². The van der Waals surface area contributed by atoms with Crippen molar-refractivity contribution in [2.24, 2.45) is 0 Å². The Balaban J connectivity index is 2.66. The minimum Gasteiger partial charge on any atom is -0.464 e. The van der Waals surface area contributed by atoms with Gasteiger partial charge in [-0.05, 0) is 38.7 Å². The minimum absolute atomic E-state index is 0.320. The largest absolute Gasteiger partial charge is 0.464 e. The molecule has 1 heterocycles. The van der Waals surface area contributed by atoms with Crippen LogP contribution >= 0.6 is 11.8 Å². The van der Waals surface area contributed by atoms with E-state index in [2.05, 4.69) is 39.4 Å². The van der Waals surface area contributed by atoms with Gasteiger partial charge in [-0.25, -0.2) is 0 Å². The number of hydrogen-bond acceptors (Lipinski definition) is 7. The topological polar surface area (TPSA) is 72.0 Å². The lowest BCUT2D eigenvalue weighted by molar-refractivity contribution is 0.312. The Morgan fingerprint density at radius 2 is 1.90 bits per heavy atom. The highest BCUT2D eigenvalue weighted by Crippen LogP contribution is 2.13. The molecule has 2 N–H and O–H groups in total. The van der Waals surface area contributed by atoms with Crippen LogP contribution in [0.3, 0.4) is 0 Å². The highest BCUT2D eigenvalue weighted by atomic mass is 32.2. The lowest BCUT2D eigenvalue weighted by atomic mass is 10.3. The SMILES string of the molecule is CCNc1nc(NC(C)CCSCC)nc(OCC)n1. The summed E-state index contributed by atoms with van der Waals surface area (Å²) in [7, 11) is 0. The summed E-state index contributed by atoms with van der Waals surface area (Å²) < 4.78 is 5.37. The molecule has 1 atom stereocenters. The fraction of sp³-hybridized carbons (Fsp3) is 0.769. The van der Waals surface area contributed by atoms with E-state index in [0.717, 1.165) is 24.5 Å². The van der Waals surface area contributed by atoms with E-state index in [9.17, 15) is 0 Å². The molecule has 0 radical (unpaired) electrons. The molecule has 114 valence electrons. The van der Waals surface area contributed by atoms with Crippen LogP contribution in [-0.4, -0.2) is 45.7 Å². The molecule has 0 spiro atoms. The van der Waals surface area contributed by atoms with Crippen molar-refractivity contribution in [3.63, 3.8) is 0 Å². The van der Waals surface area contributed by atoms with Crippen molar-refractivity contribution in [1.29, 1.82) is 0 Å². The van der Waals surface area contributed by atoms with Crippen LogP contribution < -0.4 is 15.4 Å². The van der Waals surface area contributed by atoms with E-state index in [1.807, 2.05) is 25.6 Å². The van der Waals surface area contributed by atoms with Crippen molar-refractivity contribution >= 4 is 23.7 Å². The van der Waals surface area contributed by atoms with Crippen LogP contribution in [0.5, 0.6) is 6.01 Å². The zero-order valence-electron chi connectivity index (χ0n) is 12.8. The van der Waals surface area contributed by atoms with E-state index in [4.69, 9.17) is 4.74 Å². The average molecular weight is 299 g/mol. The van der Waals surface area contributed by atoms with Crippen LogP contribution in [0.25, 0.3) is 0 Å². The molecule has 7 heteroatoms. The maximum absolute atomic E-state index is 5.37. The Kier molecular flexibility index (Phi) is 8.10. The predicted octanol–water partition coefficient (Wildman–Crippen LogP) is 2.65.